The van der Waals surface area contributed by atoms with E-state index in [0.717, 1.165) is 37.4 Å². The average Bonchev–Trinajstić information content (AvgIpc) is 2.68. The van der Waals surface area contributed by atoms with Crippen molar-refractivity contribution in [3.05, 3.63) is 42.5 Å². The molecule has 3 rings (SSSR count). The topological polar surface area (TPSA) is 67.3 Å². The summed E-state index contributed by atoms with van der Waals surface area (Å²) in [7, 11) is 1.37. The van der Waals surface area contributed by atoms with Crippen LogP contribution in [0.3, 0.4) is 0 Å². The highest BCUT2D eigenvalue weighted by Gasteiger charge is 2.20. The molecule has 0 amide bonds. The number of methoxy groups -OCH3 is 1. The number of ether oxygens (including phenoxy) is 1. The molecular formula is C18H21FN4O2S. The van der Waals surface area contributed by atoms with Gasteiger partial charge < -0.3 is 15.0 Å². The maximum absolute atomic E-state index is 13.0. The predicted molar refractivity (Wildman–Crippen MR) is 100 cm³/mol. The Morgan fingerprint density at radius 1 is 1.31 bits per heavy atom. The highest BCUT2D eigenvalue weighted by molar-refractivity contribution is 7.99. The number of esters is 1. The summed E-state index contributed by atoms with van der Waals surface area (Å²) in [4.78, 5) is 22.2. The summed E-state index contributed by atoms with van der Waals surface area (Å²) < 4.78 is 17.6. The number of halogens is 1. The molecule has 0 spiro atoms. The first-order chi connectivity index (χ1) is 12.6. The van der Waals surface area contributed by atoms with Gasteiger partial charge in [-0.25, -0.2) is 9.37 Å². The van der Waals surface area contributed by atoms with Gasteiger partial charge in [0.1, 0.15) is 16.7 Å². The van der Waals surface area contributed by atoms with Gasteiger partial charge in [-0.05, 0) is 37.1 Å². The molecule has 1 aromatic heterocycles. The number of rotatable bonds is 6. The summed E-state index contributed by atoms with van der Waals surface area (Å²) in [6, 6.07) is 6.79. The maximum atomic E-state index is 13.0. The Labute approximate surface area is 156 Å². The molecular weight excluding hydrogens is 355 g/mol. The fraction of sp³-hybridized carbons (Fsp3) is 0.389. The molecule has 0 saturated carbocycles. The largest absolute Gasteiger partial charge is 0.468 e. The Kier molecular flexibility index (Phi) is 6.27. The molecule has 1 aliphatic heterocycles. The fourth-order valence-electron chi connectivity index (χ4n) is 2.79. The van der Waals surface area contributed by atoms with Crippen LogP contribution >= 0.6 is 11.8 Å². The normalized spacial score (nSPS) is 14.9. The van der Waals surface area contributed by atoms with Gasteiger partial charge >= 0.3 is 5.97 Å². The van der Waals surface area contributed by atoms with E-state index in [1.807, 2.05) is 0 Å². The number of carbonyl (C=O) groups excluding carboxylic acids is 1. The van der Waals surface area contributed by atoms with E-state index >= 15 is 0 Å². The molecule has 1 aliphatic rings. The van der Waals surface area contributed by atoms with Gasteiger partial charge in [0.25, 0.3) is 0 Å². The number of hydrogen-bond acceptors (Lipinski definition) is 7. The summed E-state index contributed by atoms with van der Waals surface area (Å²) >= 11 is 1.32. The Balaban J connectivity index is 1.52. The Hall–Kier alpha value is -2.35. The first-order valence-electron chi connectivity index (χ1n) is 8.43. The Morgan fingerprint density at radius 3 is 2.73 bits per heavy atom. The van der Waals surface area contributed by atoms with E-state index in [2.05, 4.69) is 24.9 Å². The van der Waals surface area contributed by atoms with Crippen LogP contribution in [0.25, 0.3) is 0 Å². The zero-order valence-electron chi connectivity index (χ0n) is 14.5. The number of benzene rings is 1. The van der Waals surface area contributed by atoms with Crippen molar-refractivity contribution in [2.24, 2.45) is 0 Å². The lowest BCUT2D eigenvalue weighted by atomic mass is 10.0. The van der Waals surface area contributed by atoms with Gasteiger partial charge in [-0.2, -0.15) is 0 Å². The second-order valence-electron chi connectivity index (χ2n) is 5.99. The lowest BCUT2D eigenvalue weighted by Gasteiger charge is -2.33. The minimum Gasteiger partial charge on any atom is -0.468 e. The SMILES string of the molecule is COC(=O)CSc1cncc(N2CCC(Nc3ccc(F)cc3)CC2)n1. The van der Waals surface area contributed by atoms with Crippen LogP contribution < -0.4 is 10.2 Å². The third-order valence-corrected chi connectivity index (χ3v) is 5.07. The second-order valence-corrected chi connectivity index (χ2v) is 6.99. The van der Waals surface area contributed by atoms with Crippen LogP contribution in [0, 0.1) is 5.82 Å². The lowest BCUT2D eigenvalue weighted by Crippen LogP contribution is -2.39. The van der Waals surface area contributed by atoms with Crippen molar-refractivity contribution in [3.8, 4) is 0 Å². The van der Waals surface area contributed by atoms with Crippen molar-refractivity contribution in [3.63, 3.8) is 0 Å². The number of carbonyl (C=O) groups is 1. The van der Waals surface area contributed by atoms with Gasteiger partial charge in [0.05, 0.1) is 25.3 Å². The molecule has 0 radical (unpaired) electrons. The number of piperidine rings is 1. The van der Waals surface area contributed by atoms with E-state index in [0.29, 0.717) is 11.1 Å². The molecule has 2 heterocycles. The van der Waals surface area contributed by atoms with Crippen molar-refractivity contribution >= 4 is 29.2 Å². The highest BCUT2D eigenvalue weighted by atomic mass is 32.2. The summed E-state index contributed by atoms with van der Waals surface area (Å²) in [6.07, 6.45) is 5.31. The zero-order valence-corrected chi connectivity index (χ0v) is 15.3. The van der Waals surface area contributed by atoms with E-state index in [1.165, 1.54) is 31.0 Å². The summed E-state index contributed by atoms with van der Waals surface area (Å²) in [6.45, 7) is 1.72. The van der Waals surface area contributed by atoms with Crippen LogP contribution in [0.2, 0.25) is 0 Å². The van der Waals surface area contributed by atoms with E-state index in [4.69, 9.17) is 0 Å². The number of nitrogens with zero attached hydrogens (tertiary/aromatic N) is 3. The van der Waals surface area contributed by atoms with Crippen LogP contribution in [0.4, 0.5) is 15.9 Å². The van der Waals surface area contributed by atoms with Crippen LogP contribution in [-0.2, 0) is 9.53 Å². The Bertz CT molecular complexity index is 736. The molecule has 8 heteroatoms. The first kappa shape index (κ1) is 18.4. The molecule has 0 bridgehead atoms. The van der Waals surface area contributed by atoms with Crippen molar-refractivity contribution in [2.75, 3.05) is 36.2 Å². The lowest BCUT2D eigenvalue weighted by molar-refractivity contribution is -0.137. The summed E-state index contributed by atoms with van der Waals surface area (Å²) in [5.41, 5.74) is 0.936. The number of aromatic nitrogens is 2. The fourth-order valence-corrected chi connectivity index (χ4v) is 3.46. The number of thioether (sulfide) groups is 1. The van der Waals surface area contributed by atoms with Gasteiger partial charge in [-0.15, -0.1) is 0 Å². The molecule has 0 unspecified atom stereocenters. The predicted octanol–water partition coefficient (Wildman–Crippen LogP) is 2.96. The van der Waals surface area contributed by atoms with Gasteiger partial charge in [0, 0.05) is 24.8 Å². The number of nitrogens with one attached hydrogen (secondary N) is 1. The quantitative estimate of drug-likeness (QED) is 0.614. The average molecular weight is 376 g/mol. The zero-order chi connectivity index (χ0) is 18.4. The molecule has 138 valence electrons. The number of anilines is 2. The molecule has 26 heavy (non-hydrogen) atoms. The molecule has 1 saturated heterocycles. The monoisotopic (exact) mass is 376 g/mol. The minimum absolute atomic E-state index is 0.221. The van der Waals surface area contributed by atoms with Crippen LogP contribution in [0.1, 0.15) is 12.8 Å². The van der Waals surface area contributed by atoms with Crippen LogP contribution in [0.15, 0.2) is 41.7 Å². The van der Waals surface area contributed by atoms with Crippen molar-refractivity contribution in [2.45, 2.75) is 23.9 Å². The third-order valence-electron chi connectivity index (χ3n) is 4.20. The van der Waals surface area contributed by atoms with E-state index in [9.17, 15) is 9.18 Å². The third kappa shape index (κ3) is 5.08. The van der Waals surface area contributed by atoms with Crippen LogP contribution in [0.5, 0.6) is 0 Å². The van der Waals surface area contributed by atoms with E-state index in [1.54, 1.807) is 24.5 Å². The van der Waals surface area contributed by atoms with Crippen molar-refractivity contribution < 1.29 is 13.9 Å². The van der Waals surface area contributed by atoms with Crippen molar-refractivity contribution in [1.29, 1.82) is 0 Å². The van der Waals surface area contributed by atoms with Gasteiger partial charge in [0.15, 0.2) is 0 Å². The molecule has 1 aromatic carbocycles. The van der Waals surface area contributed by atoms with E-state index < -0.39 is 0 Å². The highest BCUT2D eigenvalue weighted by Crippen LogP contribution is 2.23. The van der Waals surface area contributed by atoms with Crippen LogP contribution in [-0.4, -0.2) is 47.9 Å². The Morgan fingerprint density at radius 2 is 2.04 bits per heavy atom. The van der Waals surface area contributed by atoms with E-state index in [-0.39, 0.29) is 17.5 Å². The molecule has 1 fully saturated rings. The minimum atomic E-state index is -0.283. The summed E-state index contributed by atoms with van der Waals surface area (Å²) in [5, 5.41) is 4.15. The van der Waals surface area contributed by atoms with Gasteiger partial charge in [-0.1, -0.05) is 11.8 Å². The molecule has 2 aromatic rings. The standard InChI is InChI=1S/C18H21FN4O2S/c1-25-18(24)12-26-17-11-20-10-16(22-17)23-8-6-15(7-9-23)21-14-4-2-13(19)3-5-14/h2-5,10-11,15,21H,6-9,12H2,1H3. The second kappa shape index (κ2) is 8.84. The number of hydrogen-bond donors (Lipinski definition) is 1. The maximum Gasteiger partial charge on any atom is 0.316 e. The molecule has 1 N–H and O–H groups in total. The van der Waals surface area contributed by atoms with Gasteiger partial charge in [0.2, 0.25) is 0 Å². The molecule has 6 nitrogen and oxygen atoms in total. The molecule has 0 atom stereocenters. The smallest absolute Gasteiger partial charge is 0.316 e. The molecule has 0 aliphatic carbocycles. The van der Waals surface area contributed by atoms with Crippen molar-refractivity contribution in [1.82, 2.24) is 9.97 Å². The first-order valence-corrected chi connectivity index (χ1v) is 9.41. The van der Waals surface area contributed by atoms with Gasteiger partial charge in [-0.3, -0.25) is 9.78 Å². The summed E-state index contributed by atoms with van der Waals surface area (Å²) in [5.74, 6) is 0.530.